The molecular weight excluding hydrogens is 546 g/mol. The van der Waals surface area contributed by atoms with Crippen molar-refractivity contribution in [2.24, 2.45) is 0 Å². The minimum atomic E-state index is -0.541. The maximum atomic E-state index is 7.19. The van der Waals surface area contributed by atoms with Crippen LogP contribution in [0, 0.1) is 0 Å². The van der Waals surface area contributed by atoms with Crippen molar-refractivity contribution in [3.05, 3.63) is 198 Å². The van der Waals surface area contributed by atoms with Gasteiger partial charge in [0.05, 0.1) is 11.1 Å². The van der Waals surface area contributed by atoms with Gasteiger partial charge in [-0.3, -0.25) is 0 Å². The van der Waals surface area contributed by atoms with E-state index in [1.165, 1.54) is 27.8 Å². The van der Waals surface area contributed by atoms with E-state index < -0.39 is 5.41 Å². The van der Waals surface area contributed by atoms with Gasteiger partial charge in [-0.1, -0.05) is 146 Å². The summed E-state index contributed by atoms with van der Waals surface area (Å²) in [6.07, 6.45) is 0. The van der Waals surface area contributed by atoms with Gasteiger partial charge in [0.15, 0.2) is 5.58 Å². The molecular formula is C43H29NO. The number of hydrogen-bond acceptors (Lipinski definition) is 2. The van der Waals surface area contributed by atoms with Crippen LogP contribution >= 0.6 is 0 Å². The first-order valence-electron chi connectivity index (χ1n) is 15.5. The van der Waals surface area contributed by atoms with Gasteiger partial charge >= 0.3 is 0 Å². The normalized spacial score (nSPS) is 13.1. The van der Waals surface area contributed by atoms with Crippen LogP contribution < -0.4 is 4.90 Å². The lowest BCUT2D eigenvalue weighted by atomic mass is 9.67. The topological polar surface area (TPSA) is 16.4 Å². The summed E-state index contributed by atoms with van der Waals surface area (Å²) in [5.41, 5.74) is 11.9. The molecule has 0 radical (unpaired) electrons. The number of rotatable bonds is 5. The number of benzene rings is 7. The lowest BCUT2D eigenvalue weighted by Gasteiger charge is -2.33. The van der Waals surface area contributed by atoms with Crippen molar-refractivity contribution < 1.29 is 4.42 Å². The minimum Gasteiger partial charge on any atom is -0.453 e. The van der Waals surface area contributed by atoms with E-state index in [9.17, 15) is 0 Å². The van der Waals surface area contributed by atoms with Crippen LogP contribution in [0.25, 0.3) is 33.1 Å². The third-order valence-electron chi connectivity index (χ3n) is 9.34. The van der Waals surface area contributed by atoms with Crippen molar-refractivity contribution in [1.82, 2.24) is 0 Å². The van der Waals surface area contributed by atoms with E-state index in [0.717, 1.165) is 44.6 Å². The first-order chi connectivity index (χ1) is 22.4. The molecule has 0 saturated carbocycles. The summed E-state index contributed by atoms with van der Waals surface area (Å²) in [5.74, 6) is 0. The number of hydrogen-bond donors (Lipinski definition) is 0. The molecule has 0 atom stereocenters. The second-order valence-corrected chi connectivity index (χ2v) is 11.7. The molecule has 1 aliphatic carbocycles. The molecule has 0 fully saturated rings. The van der Waals surface area contributed by atoms with Gasteiger partial charge in [0, 0.05) is 27.7 Å². The molecule has 1 aliphatic rings. The standard InChI is InChI=1S/C43H29NO/c1-4-16-30(17-5-1)43(37-26-12-10-22-33(37)34-23-11-13-27-38(34)43)39-28-14-24-35-36-25-15-29-40(42(36)45-41(35)39)44(31-18-6-2-7-19-31)32-20-8-3-9-21-32/h1-29H. The van der Waals surface area contributed by atoms with Crippen molar-refractivity contribution in [3.8, 4) is 11.1 Å². The number of anilines is 3. The fraction of sp³-hybridized carbons (Fsp3) is 0.0233. The zero-order valence-corrected chi connectivity index (χ0v) is 24.6. The van der Waals surface area contributed by atoms with E-state index in [2.05, 4.69) is 181 Å². The van der Waals surface area contributed by atoms with Gasteiger partial charge in [0.2, 0.25) is 0 Å². The average molecular weight is 576 g/mol. The average Bonchev–Trinajstić information content (AvgIpc) is 3.65. The lowest BCUT2D eigenvalue weighted by Crippen LogP contribution is -2.28. The van der Waals surface area contributed by atoms with Gasteiger partial charge in [0.1, 0.15) is 5.58 Å². The van der Waals surface area contributed by atoms with Crippen molar-refractivity contribution >= 4 is 39.0 Å². The molecule has 8 aromatic rings. The molecule has 2 nitrogen and oxygen atoms in total. The Morgan fingerprint density at radius 3 is 1.44 bits per heavy atom. The largest absolute Gasteiger partial charge is 0.453 e. The maximum Gasteiger partial charge on any atom is 0.159 e. The van der Waals surface area contributed by atoms with Crippen LogP contribution in [-0.2, 0) is 5.41 Å². The summed E-state index contributed by atoms with van der Waals surface area (Å²) in [5, 5.41) is 2.21. The van der Waals surface area contributed by atoms with Gasteiger partial charge in [0.25, 0.3) is 0 Å². The summed E-state index contributed by atoms with van der Waals surface area (Å²) >= 11 is 0. The highest BCUT2D eigenvalue weighted by molar-refractivity contribution is 6.12. The van der Waals surface area contributed by atoms with E-state index in [0.29, 0.717) is 0 Å². The van der Waals surface area contributed by atoms with Crippen molar-refractivity contribution in [2.45, 2.75) is 5.41 Å². The predicted molar refractivity (Wildman–Crippen MR) is 186 cm³/mol. The van der Waals surface area contributed by atoms with Crippen molar-refractivity contribution in [1.29, 1.82) is 0 Å². The van der Waals surface area contributed by atoms with Crippen LogP contribution in [0.15, 0.2) is 180 Å². The van der Waals surface area contributed by atoms with Crippen LogP contribution in [-0.4, -0.2) is 0 Å². The number of para-hydroxylation sites is 4. The maximum absolute atomic E-state index is 7.19. The molecule has 1 aromatic heterocycles. The molecule has 7 aromatic carbocycles. The number of fused-ring (bicyclic) bond motifs is 6. The van der Waals surface area contributed by atoms with Crippen molar-refractivity contribution in [3.63, 3.8) is 0 Å². The molecule has 0 amide bonds. The monoisotopic (exact) mass is 575 g/mol. The summed E-state index contributed by atoms with van der Waals surface area (Å²) in [6, 6.07) is 62.8. The molecule has 2 heteroatoms. The second kappa shape index (κ2) is 10.1. The molecule has 0 aliphatic heterocycles. The third kappa shape index (κ3) is 3.69. The molecule has 45 heavy (non-hydrogen) atoms. The van der Waals surface area contributed by atoms with E-state index in [4.69, 9.17) is 4.42 Å². The summed E-state index contributed by atoms with van der Waals surface area (Å²) < 4.78 is 7.19. The summed E-state index contributed by atoms with van der Waals surface area (Å²) in [7, 11) is 0. The highest BCUT2D eigenvalue weighted by Crippen LogP contribution is 2.57. The van der Waals surface area contributed by atoms with Gasteiger partial charge in [-0.05, 0) is 58.1 Å². The van der Waals surface area contributed by atoms with E-state index >= 15 is 0 Å². The fourth-order valence-electron chi connectivity index (χ4n) is 7.54. The summed E-state index contributed by atoms with van der Waals surface area (Å²) in [6.45, 7) is 0. The first-order valence-corrected chi connectivity index (χ1v) is 15.5. The van der Waals surface area contributed by atoms with Gasteiger partial charge in [-0.2, -0.15) is 0 Å². The van der Waals surface area contributed by atoms with Crippen LogP contribution in [0.2, 0.25) is 0 Å². The second-order valence-electron chi connectivity index (χ2n) is 11.7. The van der Waals surface area contributed by atoms with Crippen LogP contribution in [0.3, 0.4) is 0 Å². The predicted octanol–water partition coefficient (Wildman–Crippen LogP) is 11.4. The number of furan rings is 1. The van der Waals surface area contributed by atoms with Gasteiger partial charge in [-0.15, -0.1) is 0 Å². The zero-order chi connectivity index (χ0) is 29.8. The number of nitrogens with zero attached hydrogens (tertiary/aromatic N) is 1. The highest BCUT2D eigenvalue weighted by Gasteiger charge is 2.47. The Hall–Kier alpha value is -5.86. The molecule has 1 heterocycles. The van der Waals surface area contributed by atoms with Gasteiger partial charge in [-0.25, -0.2) is 0 Å². The van der Waals surface area contributed by atoms with Crippen LogP contribution in [0.1, 0.15) is 22.3 Å². The van der Waals surface area contributed by atoms with E-state index in [1.54, 1.807) is 0 Å². The van der Waals surface area contributed by atoms with Crippen LogP contribution in [0.4, 0.5) is 17.1 Å². The highest BCUT2D eigenvalue weighted by atomic mass is 16.3. The van der Waals surface area contributed by atoms with Crippen LogP contribution in [0.5, 0.6) is 0 Å². The first kappa shape index (κ1) is 25.6. The molecule has 0 saturated heterocycles. The SMILES string of the molecule is c1ccc(N(c2ccccc2)c2cccc3c2oc2c(C4(c5ccccc5)c5ccccc5-c5ccccc54)cccc23)cc1. The Balaban J connectivity index is 1.39. The van der Waals surface area contributed by atoms with E-state index in [-0.39, 0.29) is 0 Å². The zero-order valence-electron chi connectivity index (χ0n) is 24.6. The van der Waals surface area contributed by atoms with E-state index in [1.807, 2.05) is 0 Å². The van der Waals surface area contributed by atoms with Gasteiger partial charge < -0.3 is 9.32 Å². The molecule has 0 N–H and O–H groups in total. The fourth-order valence-corrected chi connectivity index (χ4v) is 7.54. The molecule has 9 rings (SSSR count). The minimum absolute atomic E-state index is 0.541. The Bertz CT molecular complexity index is 2240. The third-order valence-corrected chi connectivity index (χ3v) is 9.34. The Kier molecular flexibility index (Phi) is 5.76. The molecule has 212 valence electrons. The van der Waals surface area contributed by atoms with Crippen molar-refractivity contribution in [2.75, 3.05) is 4.90 Å². The quantitative estimate of drug-likeness (QED) is 0.203. The lowest BCUT2D eigenvalue weighted by molar-refractivity contribution is 0.648. The molecule has 0 bridgehead atoms. The Morgan fingerprint density at radius 1 is 0.378 bits per heavy atom. The molecule has 0 unspecified atom stereocenters. The Morgan fingerprint density at radius 2 is 0.844 bits per heavy atom. The Labute approximate surface area is 262 Å². The summed E-state index contributed by atoms with van der Waals surface area (Å²) in [4.78, 5) is 2.29. The molecule has 0 spiro atoms. The smallest absolute Gasteiger partial charge is 0.159 e.